The van der Waals surface area contributed by atoms with Crippen LogP contribution in [0.1, 0.15) is 11.3 Å². The van der Waals surface area contributed by atoms with Gasteiger partial charge in [-0.3, -0.25) is 4.68 Å². The van der Waals surface area contributed by atoms with Crippen LogP contribution in [0.2, 0.25) is 5.15 Å². The average molecular weight is 351 g/mol. The van der Waals surface area contributed by atoms with E-state index in [1.54, 1.807) is 23.5 Å². The summed E-state index contributed by atoms with van der Waals surface area (Å²) in [4.78, 5) is 0. The molecule has 0 saturated heterocycles. The van der Waals surface area contributed by atoms with Gasteiger partial charge in [-0.15, -0.1) is 5.10 Å². The van der Waals surface area contributed by atoms with Crippen molar-refractivity contribution in [3.05, 3.63) is 40.7 Å². The molecule has 0 aliphatic carbocycles. The van der Waals surface area contributed by atoms with Crippen molar-refractivity contribution < 1.29 is 4.74 Å². The third-order valence-electron chi connectivity index (χ3n) is 3.23. The van der Waals surface area contributed by atoms with Crippen molar-refractivity contribution in [2.75, 3.05) is 7.11 Å². The van der Waals surface area contributed by atoms with E-state index in [9.17, 15) is 0 Å². The van der Waals surface area contributed by atoms with Gasteiger partial charge >= 0.3 is 0 Å². The van der Waals surface area contributed by atoms with Crippen LogP contribution in [0.15, 0.2) is 29.4 Å². The Balaban J connectivity index is 1.86. The number of nitrogens with zero attached hydrogens (tertiary/aromatic N) is 6. The van der Waals surface area contributed by atoms with Crippen LogP contribution in [0.5, 0.6) is 5.75 Å². The Morgan fingerprint density at radius 3 is 2.83 bits per heavy atom. The van der Waals surface area contributed by atoms with E-state index in [4.69, 9.17) is 16.3 Å². The maximum Gasteiger partial charge on any atom is 0.214 e. The van der Waals surface area contributed by atoms with Gasteiger partial charge in [-0.1, -0.05) is 29.4 Å². The molecule has 3 aromatic rings. The van der Waals surface area contributed by atoms with E-state index in [0.717, 1.165) is 16.9 Å². The third-order valence-corrected chi connectivity index (χ3v) is 4.53. The highest BCUT2D eigenvalue weighted by Gasteiger charge is 2.14. The van der Waals surface area contributed by atoms with E-state index in [1.807, 2.05) is 31.2 Å². The summed E-state index contributed by atoms with van der Waals surface area (Å²) in [5.41, 5.74) is 2.77. The fraction of sp³-hybridized carbons (Fsp3) is 0.286. The second-order valence-corrected chi connectivity index (χ2v) is 6.25. The number of aryl methyl sites for hydroxylation is 2. The number of aromatic nitrogens is 6. The van der Waals surface area contributed by atoms with E-state index in [-0.39, 0.29) is 0 Å². The summed E-state index contributed by atoms with van der Waals surface area (Å²) in [6.07, 6.45) is 0. The minimum Gasteiger partial charge on any atom is -0.494 e. The van der Waals surface area contributed by atoms with Gasteiger partial charge in [0.05, 0.1) is 12.8 Å². The van der Waals surface area contributed by atoms with Crippen molar-refractivity contribution >= 4 is 23.4 Å². The Morgan fingerprint density at radius 2 is 2.13 bits per heavy atom. The van der Waals surface area contributed by atoms with Crippen molar-refractivity contribution in [2.24, 2.45) is 7.05 Å². The average Bonchev–Trinajstić information content (AvgIpc) is 3.12. The highest BCUT2D eigenvalue weighted by Crippen LogP contribution is 2.28. The summed E-state index contributed by atoms with van der Waals surface area (Å²) in [6.45, 7) is 2.01. The Hall–Kier alpha value is -2.06. The van der Waals surface area contributed by atoms with Crippen molar-refractivity contribution in [1.29, 1.82) is 0 Å². The number of thioether (sulfide) groups is 1. The van der Waals surface area contributed by atoms with Gasteiger partial charge in [-0.2, -0.15) is 9.78 Å². The summed E-state index contributed by atoms with van der Waals surface area (Å²) < 4.78 is 8.70. The fourth-order valence-corrected chi connectivity index (χ4v) is 3.03. The van der Waals surface area contributed by atoms with Crippen LogP contribution in [0.4, 0.5) is 0 Å². The van der Waals surface area contributed by atoms with Gasteiger partial charge in [-0.25, -0.2) is 0 Å². The Kier molecular flexibility index (Phi) is 4.53. The predicted molar refractivity (Wildman–Crippen MR) is 88.2 cm³/mol. The molecule has 9 heteroatoms. The van der Waals surface area contributed by atoms with E-state index >= 15 is 0 Å². The van der Waals surface area contributed by atoms with Crippen LogP contribution in [-0.4, -0.2) is 37.1 Å². The molecule has 23 heavy (non-hydrogen) atoms. The molecule has 1 aromatic carbocycles. The lowest BCUT2D eigenvalue weighted by Crippen LogP contribution is -2.02. The molecule has 2 heterocycles. The van der Waals surface area contributed by atoms with Crippen LogP contribution in [0, 0.1) is 6.92 Å². The predicted octanol–water partition coefficient (Wildman–Crippen LogP) is 2.66. The molecule has 0 aliphatic rings. The summed E-state index contributed by atoms with van der Waals surface area (Å²) in [5.74, 6) is 1.33. The standard InChI is InChI=1S/C14H15ClN6OS/c1-9-4-5-12(22-3)11(6-9)21-14(16-18-19-21)23-8-10-7-13(15)20(2)17-10/h4-7H,8H2,1-3H3. The lowest BCUT2D eigenvalue weighted by atomic mass is 10.2. The molecule has 2 aromatic heterocycles. The summed E-state index contributed by atoms with van der Waals surface area (Å²) in [6, 6.07) is 7.70. The Morgan fingerprint density at radius 1 is 1.30 bits per heavy atom. The number of halogens is 1. The monoisotopic (exact) mass is 350 g/mol. The molecule has 0 bridgehead atoms. The van der Waals surface area contributed by atoms with E-state index in [1.165, 1.54) is 11.8 Å². The zero-order chi connectivity index (χ0) is 16.4. The lowest BCUT2D eigenvalue weighted by molar-refractivity contribution is 0.410. The normalized spacial score (nSPS) is 11.0. The smallest absolute Gasteiger partial charge is 0.214 e. The van der Waals surface area contributed by atoms with Gasteiger partial charge in [0.1, 0.15) is 16.6 Å². The zero-order valence-corrected chi connectivity index (χ0v) is 14.5. The van der Waals surface area contributed by atoms with Crippen LogP contribution in [-0.2, 0) is 12.8 Å². The van der Waals surface area contributed by atoms with Crippen molar-refractivity contribution in [2.45, 2.75) is 17.8 Å². The molecule has 7 nitrogen and oxygen atoms in total. The number of ether oxygens (including phenoxy) is 1. The van der Waals surface area contributed by atoms with E-state index < -0.39 is 0 Å². The molecule has 0 fully saturated rings. The summed E-state index contributed by atoms with van der Waals surface area (Å²) >= 11 is 7.49. The van der Waals surface area contributed by atoms with Crippen LogP contribution in [0.3, 0.4) is 0 Å². The SMILES string of the molecule is COc1ccc(C)cc1-n1nnnc1SCc1cc(Cl)n(C)n1. The van der Waals surface area contributed by atoms with Crippen LogP contribution >= 0.6 is 23.4 Å². The Bertz CT molecular complexity index is 811. The maximum absolute atomic E-state index is 6.00. The number of benzene rings is 1. The van der Waals surface area contributed by atoms with Crippen molar-refractivity contribution in [3.8, 4) is 11.4 Å². The molecule has 3 rings (SSSR count). The quantitative estimate of drug-likeness (QED) is 0.659. The topological polar surface area (TPSA) is 70.7 Å². The zero-order valence-electron chi connectivity index (χ0n) is 12.9. The summed E-state index contributed by atoms with van der Waals surface area (Å²) in [5, 5.41) is 17.5. The van der Waals surface area contributed by atoms with E-state index in [2.05, 4.69) is 20.6 Å². The first kappa shape index (κ1) is 15.8. The number of rotatable bonds is 5. The molecule has 0 aliphatic heterocycles. The maximum atomic E-state index is 6.00. The van der Waals surface area contributed by atoms with Gasteiger partial charge in [-0.05, 0) is 41.1 Å². The second-order valence-electron chi connectivity index (χ2n) is 4.92. The minimum atomic E-state index is 0.598. The molecule has 0 amide bonds. The van der Waals surface area contributed by atoms with Crippen molar-refractivity contribution in [1.82, 2.24) is 30.0 Å². The largest absolute Gasteiger partial charge is 0.494 e. The Labute approximate surface area is 142 Å². The molecule has 0 spiro atoms. The molecule has 0 N–H and O–H groups in total. The van der Waals surface area contributed by atoms with E-state index in [0.29, 0.717) is 21.8 Å². The van der Waals surface area contributed by atoms with Gasteiger partial charge in [0.25, 0.3) is 0 Å². The van der Waals surface area contributed by atoms with Crippen LogP contribution in [0.25, 0.3) is 5.69 Å². The first-order valence-electron chi connectivity index (χ1n) is 6.83. The lowest BCUT2D eigenvalue weighted by Gasteiger charge is -2.10. The van der Waals surface area contributed by atoms with Gasteiger partial charge in [0, 0.05) is 12.8 Å². The molecular formula is C14H15ClN6OS. The molecular weight excluding hydrogens is 336 g/mol. The highest BCUT2D eigenvalue weighted by molar-refractivity contribution is 7.98. The second kappa shape index (κ2) is 6.59. The number of methoxy groups -OCH3 is 1. The van der Waals surface area contributed by atoms with Gasteiger partial charge in [0.2, 0.25) is 5.16 Å². The minimum absolute atomic E-state index is 0.598. The molecule has 0 saturated carbocycles. The highest BCUT2D eigenvalue weighted by atomic mass is 35.5. The molecule has 0 atom stereocenters. The number of hydrogen-bond acceptors (Lipinski definition) is 6. The third kappa shape index (κ3) is 3.32. The fourth-order valence-electron chi connectivity index (χ4n) is 2.09. The van der Waals surface area contributed by atoms with Crippen LogP contribution < -0.4 is 4.74 Å². The van der Waals surface area contributed by atoms with Crippen molar-refractivity contribution in [3.63, 3.8) is 0 Å². The first-order valence-corrected chi connectivity index (χ1v) is 8.19. The first-order chi connectivity index (χ1) is 11.1. The summed E-state index contributed by atoms with van der Waals surface area (Å²) in [7, 11) is 3.43. The number of tetrazole rings is 1. The molecule has 120 valence electrons. The molecule has 0 unspecified atom stereocenters. The van der Waals surface area contributed by atoms with Gasteiger partial charge < -0.3 is 4.74 Å². The molecule has 0 radical (unpaired) electrons. The van der Waals surface area contributed by atoms with Gasteiger partial charge in [0.15, 0.2) is 0 Å². The number of hydrogen-bond donors (Lipinski definition) is 0.